The van der Waals surface area contributed by atoms with Crippen molar-refractivity contribution in [2.75, 3.05) is 0 Å². The molecule has 0 amide bonds. The summed E-state index contributed by atoms with van der Waals surface area (Å²) in [7, 11) is 0. The molecular weight excluding hydrogens is 170 g/mol. The Morgan fingerprint density at radius 2 is 2.07 bits per heavy atom. The van der Waals surface area contributed by atoms with E-state index in [0.717, 1.165) is 6.04 Å². The van der Waals surface area contributed by atoms with Crippen LogP contribution in [0.2, 0.25) is 0 Å². The molecular formula is C13H17N. The summed E-state index contributed by atoms with van der Waals surface area (Å²) in [6, 6.07) is 8.38. The molecule has 2 aliphatic carbocycles. The zero-order chi connectivity index (χ0) is 9.54. The summed E-state index contributed by atoms with van der Waals surface area (Å²) >= 11 is 0. The van der Waals surface area contributed by atoms with E-state index in [4.69, 9.17) is 0 Å². The number of benzene rings is 1. The van der Waals surface area contributed by atoms with Crippen molar-refractivity contribution in [3.63, 3.8) is 0 Å². The molecule has 0 aromatic heterocycles. The van der Waals surface area contributed by atoms with Gasteiger partial charge in [0.2, 0.25) is 0 Å². The average molecular weight is 187 g/mol. The van der Waals surface area contributed by atoms with Gasteiger partial charge in [0, 0.05) is 12.1 Å². The monoisotopic (exact) mass is 187 g/mol. The second-order valence-corrected chi connectivity index (χ2v) is 4.73. The number of nitrogens with one attached hydrogen (secondary N) is 1. The Bertz CT molecular complexity index is 352. The SMILES string of the molecule is Cc1ccc2c(c1)[C@@H](NC1CC1)CC2. The first-order valence-corrected chi connectivity index (χ1v) is 5.68. The van der Waals surface area contributed by atoms with Crippen LogP contribution in [0.4, 0.5) is 0 Å². The number of hydrogen-bond acceptors (Lipinski definition) is 1. The summed E-state index contributed by atoms with van der Waals surface area (Å²) in [6.45, 7) is 2.19. The summed E-state index contributed by atoms with van der Waals surface area (Å²) < 4.78 is 0. The van der Waals surface area contributed by atoms with E-state index in [1.807, 2.05) is 0 Å². The molecule has 0 unspecified atom stereocenters. The van der Waals surface area contributed by atoms with Crippen LogP contribution in [0.15, 0.2) is 18.2 Å². The van der Waals surface area contributed by atoms with Crippen molar-refractivity contribution >= 4 is 0 Å². The number of rotatable bonds is 2. The third-order valence-corrected chi connectivity index (χ3v) is 3.39. The minimum atomic E-state index is 0.650. The van der Waals surface area contributed by atoms with Crippen molar-refractivity contribution < 1.29 is 0 Å². The molecule has 1 saturated carbocycles. The molecule has 0 heterocycles. The summed E-state index contributed by atoms with van der Waals surface area (Å²) in [5.74, 6) is 0. The lowest BCUT2D eigenvalue weighted by Gasteiger charge is -2.13. The molecule has 1 heteroatoms. The van der Waals surface area contributed by atoms with Gasteiger partial charge < -0.3 is 5.32 Å². The van der Waals surface area contributed by atoms with Gasteiger partial charge in [-0.05, 0) is 43.7 Å². The minimum Gasteiger partial charge on any atom is -0.307 e. The quantitative estimate of drug-likeness (QED) is 0.750. The number of fused-ring (bicyclic) bond motifs is 1. The Morgan fingerprint density at radius 1 is 1.21 bits per heavy atom. The van der Waals surface area contributed by atoms with Gasteiger partial charge in [-0.3, -0.25) is 0 Å². The van der Waals surface area contributed by atoms with Gasteiger partial charge in [-0.15, -0.1) is 0 Å². The van der Waals surface area contributed by atoms with Crippen LogP contribution < -0.4 is 5.32 Å². The van der Waals surface area contributed by atoms with Crippen LogP contribution in [0, 0.1) is 6.92 Å². The second kappa shape index (κ2) is 3.09. The maximum atomic E-state index is 3.74. The normalized spacial score (nSPS) is 25.1. The smallest absolute Gasteiger partial charge is 0.0328 e. The van der Waals surface area contributed by atoms with Crippen molar-refractivity contribution in [1.82, 2.24) is 5.32 Å². The molecule has 0 spiro atoms. The first kappa shape index (κ1) is 8.49. The van der Waals surface area contributed by atoms with Crippen molar-refractivity contribution in [2.45, 2.75) is 44.7 Å². The molecule has 1 aromatic rings. The fourth-order valence-electron chi connectivity index (χ4n) is 2.43. The van der Waals surface area contributed by atoms with E-state index in [-0.39, 0.29) is 0 Å². The third kappa shape index (κ3) is 1.46. The lowest BCUT2D eigenvalue weighted by Crippen LogP contribution is -2.21. The maximum absolute atomic E-state index is 3.74. The summed E-state index contributed by atoms with van der Waals surface area (Å²) in [4.78, 5) is 0. The number of hydrogen-bond donors (Lipinski definition) is 1. The van der Waals surface area contributed by atoms with E-state index in [0.29, 0.717) is 6.04 Å². The Hall–Kier alpha value is -0.820. The van der Waals surface area contributed by atoms with Gasteiger partial charge in [-0.2, -0.15) is 0 Å². The van der Waals surface area contributed by atoms with E-state index < -0.39 is 0 Å². The lowest BCUT2D eigenvalue weighted by molar-refractivity contribution is 0.527. The highest BCUT2D eigenvalue weighted by molar-refractivity contribution is 5.37. The predicted molar refractivity (Wildman–Crippen MR) is 58.4 cm³/mol. The summed E-state index contributed by atoms with van der Waals surface area (Å²) in [5.41, 5.74) is 4.53. The summed E-state index contributed by atoms with van der Waals surface area (Å²) in [5, 5.41) is 3.74. The molecule has 1 N–H and O–H groups in total. The van der Waals surface area contributed by atoms with Crippen LogP contribution in [-0.2, 0) is 6.42 Å². The van der Waals surface area contributed by atoms with Crippen molar-refractivity contribution in [3.05, 3.63) is 34.9 Å². The highest BCUT2D eigenvalue weighted by Gasteiger charge is 2.29. The minimum absolute atomic E-state index is 0.650. The molecule has 14 heavy (non-hydrogen) atoms. The van der Waals surface area contributed by atoms with Gasteiger partial charge in [0.15, 0.2) is 0 Å². The van der Waals surface area contributed by atoms with Gasteiger partial charge in [0.1, 0.15) is 0 Å². The van der Waals surface area contributed by atoms with Gasteiger partial charge in [0.05, 0.1) is 0 Å². The van der Waals surface area contributed by atoms with E-state index in [9.17, 15) is 0 Å². The molecule has 1 aromatic carbocycles. The molecule has 1 nitrogen and oxygen atoms in total. The fraction of sp³-hybridized carbons (Fsp3) is 0.538. The molecule has 2 aliphatic rings. The van der Waals surface area contributed by atoms with Gasteiger partial charge in [0.25, 0.3) is 0 Å². The average Bonchev–Trinajstić information content (AvgIpc) is 2.90. The third-order valence-electron chi connectivity index (χ3n) is 3.39. The van der Waals surface area contributed by atoms with Crippen LogP contribution in [0.5, 0.6) is 0 Å². The Labute approximate surface area is 85.5 Å². The molecule has 0 bridgehead atoms. The topological polar surface area (TPSA) is 12.0 Å². The van der Waals surface area contributed by atoms with Gasteiger partial charge >= 0.3 is 0 Å². The van der Waals surface area contributed by atoms with Crippen LogP contribution in [0.3, 0.4) is 0 Å². The standard InChI is InChI=1S/C13H17N/c1-9-2-3-10-4-7-13(12(10)8-9)14-11-5-6-11/h2-3,8,11,13-14H,4-7H2,1H3/t13-/m0/s1. The van der Waals surface area contributed by atoms with Gasteiger partial charge in [-0.1, -0.05) is 23.8 Å². The van der Waals surface area contributed by atoms with E-state index >= 15 is 0 Å². The largest absolute Gasteiger partial charge is 0.307 e. The zero-order valence-electron chi connectivity index (χ0n) is 8.72. The lowest BCUT2D eigenvalue weighted by atomic mass is 10.1. The molecule has 1 atom stereocenters. The first-order chi connectivity index (χ1) is 6.83. The maximum Gasteiger partial charge on any atom is 0.0328 e. The van der Waals surface area contributed by atoms with E-state index in [1.54, 1.807) is 11.1 Å². The van der Waals surface area contributed by atoms with E-state index in [2.05, 4.69) is 30.4 Å². The molecule has 3 rings (SSSR count). The highest BCUT2D eigenvalue weighted by atomic mass is 15.0. The van der Waals surface area contributed by atoms with Gasteiger partial charge in [-0.25, -0.2) is 0 Å². The Morgan fingerprint density at radius 3 is 2.86 bits per heavy atom. The van der Waals surface area contributed by atoms with Crippen LogP contribution >= 0.6 is 0 Å². The Kier molecular flexibility index (Phi) is 1.88. The van der Waals surface area contributed by atoms with Crippen molar-refractivity contribution in [3.8, 4) is 0 Å². The highest BCUT2D eigenvalue weighted by Crippen LogP contribution is 2.34. The van der Waals surface area contributed by atoms with Crippen LogP contribution in [0.1, 0.15) is 42.0 Å². The van der Waals surface area contributed by atoms with Crippen molar-refractivity contribution in [2.24, 2.45) is 0 Å². The molecule has 1 fully saturated rings. The van der Waals surface area contributed by atoms with Crippen LogP contribution in [-0.4, -0.2) is 6.04 Å². The predicted octanol–water partition coefficient (Wildman–Crippen LogP) is 2.73. The van der Waals surface area contributed by atoms with Crippen molar-refractivity contribution in [1.29, 1.82) is 0 Å². The molecule has 0 saturated heterocycles. The molecule has 0 aliphatic heterocycles. The van der Waals surface area contributed by atoms with E-state index in [1.165, 1.54) is 31.2 Å². The molecule has 0 radical (unpaired) electrons. The second-order valence-electron chi connectivity index (χ2n) is 4.73. The number of aryl methyl sites for hydroxylation is 2. The fourth-order valence-corrected chi connectivity index (χ4v) is 2.43. The molecule has 74 valence electrons. The Balaban J connectivity index is 1.87. The zero-order valence-corrected chi connectivity index (χ0v) is 8.72. The first-order valence-electron chi connectivity index (χ1n) is 5.68. The van der Waals surface area contributed by atoms with Crippen LogP contribution in [0.25, 0.3) is 0 Å². The summed E-state index contributed by atoms with van der Waals surface area (Å²) in [6.07, 6.45) is 5.34.